The summed E-state index contributed by atoms with van der Waals surface area (Å²) in [5.74, 6) is 1.50. The van der Waals surface area contributed by atoms with Gasteiger partial charge in [-0.2, -0.15) is 0 Å². The molecule has 1 fully saturated rings. The molecule has 1 N–H and O–H groups in total. The van der Waals surface area contributed by atoms with Gasteiger partial charge in [0.2, 0.25) is 5.91 Å². The van der Waals surface area contributed by atoms with Crippen LogP contribution in [0.4, 0.5) is 5.82 Å². The fourth-order valence-electron chi connectivity index (χ4n) is 3.73. The number of hydrogen-bond donors (Lipinski definition) is 1. The van der Waals surface area contributed by atoms with E-state index in [0.29, 0.717) is 5.92 Å². The van der Waals surface area contributed by atoms with Gasteiger partial charge in [-0.1, -0.05) is 26.0 Å². The van der Waals surface area contributed by atoms with E-state index < -0.39 is 0 Å². The van der Waals surface area contributed by atoms with Gasteiger partial charge in [-0.25, -0.2) is 0 Å². The quantitative estimate of drug-likeness (QED) is 0.603. The average Bonchev–Trinajstić information content (AvgIpc) is 3.46. The van der Waals surface area contributed by atoms with Gasteiger partial charge >= 0.3 is 0 Å². The molecule has 1 amide bonds. The fraction of sp³-hybridized carbons (Fsp3) is 0.409. The summed E-state index contributed by atoms with van der Waals surface area (Å²) >= 11 is 3.38. The maximum atomic E-state index is 12.9. The monoisotopic (exact) mass is 426 g/mol. The van der Waals surface area contributed by atoms with Crippen LogP contribution in [0.15, 0.2) is 47.2 Å². The molecule has 3 aromatic heterocycles. The Morgan fingerprint density at radius 2 is 1.83 bits per heavy atom. The summed E-state index contributed by atoms with van der Waals surface area (Å²) in [4.78, 5) is 17.5. The highest BCUT2D eigenvalue weighted by Crippen LogP contribution is 2.29. The fourth-order valence-corrected chi connectivity index (χ4v) is 5.37. The molecule has 5 nitrogen and oxygen atoms in total. The number of aromatic nitrogens is 2. The van der Waals surface area contributed by atoms with E-state index in [4.69, 9.17) is 0 Å². The maximum absolute atomic E-state index is 12.9. The molecule has 0 saturated carbocycles. The largest absolute Gasteiger partial charge is 0.355 e. The van der Waals surface area contributed by atoms with Crippen LogP contribution in [-0.2, 0) is 4.79 Å². The molecule has 152 valence electrons. The first kappa shape index (κ1) is 20.0. The van der Waals surface area contributed by atoms with Crippen LogP contribution in [0.2, 0.25) is 0 Å². The van der Waals surface area contributed by atoms with Gasteiger partial charge in [0.1, 0.15) is 5.69 Å². The van der Waals surface area contributed by atoms with Crippen LogP contribution in [-0.4, -0.2) is 29.2 Å². The number of anilines is 1. The minimum Gasteiger partial charge on any atom is -0.355 e. The highest BCUT2D eigenvalue weighted by Gasteiger charge is 2.28. The lowest BCUT2D eigenvalue weighted by Crippen LogP contribution is -2.42. The second-order valence-corrected chi connectivity index (χ2v) is 9.69. The summed E-state index contributed by atoms with van der Waals surface area (Å²) in [5, 5.41) is 16.2. The topological polar surface area (TPSA) is 58.1 Å². The molecule has 3 aromatic rings. The molecule has 29 heavy (non-hydrogen) atoms. The second kappa shape index (κ2) is 9.05. The molecule has 0 aliphatic carbocycles. The zero-order valence-electron chi connectivity index (χ0n) is 16.7. The molecule has 1 saturated heterocycles. The first-order valence-corrected chi connectivity index (χ1v) is 11.8. The van der Waals surface area contributed by atoms with Crippen LogP contribution in [0.3, 0.4) is 0 Å². The second-order valence-electron chi connectivity index (χ2n) is 7.76. The molecular weight excluding hydrogens is 400 g/mol. The van der Waals surface area contributed by atoms with E-state index in [-0.39, 0.29) is 17.9 Å². The molecule has 1 aliphatic rings. The Kier molecular flexibility index (Phi) is 6.25. The zero-order chi connectivity index (χ0) is 20.2. The third-order valence-corrected chi connectivity index (χ3v) is 7.28. The third kappa shape index (κ3) is 4.67. The van der Waals surface area contributed by atoms with Crippen molar-refractivity contribution in [2.45, 2.75) is 32.7 Å². The van der Waals surface area contributed by atoms with Crippen molar-refractivity contribution in [2.24, 2.45) is 11.8 Å². The molecule has 0 bridgehead atoms. The predicted octanol–water partition coefficient (Wildman–Crippen LogP) is 5.00. The first-order valence-electron chi connectivity index (χ1n) is 10.1. The zero-order valence-corrected chi connectivity index (χ0v) is 18.4. The Bertz CT molecular complexity index is 899. The normalized spacial score (nSPS) is 16.2. The van der Waals surface area contributed by atoms with Crippen LogP contribution in [0.25, 0.3) is 10.6 Å². The lowest BCUT2D eigenvalue weighted by Gasteiger charge is -2.33. The number of hydrogen-bond acceptors (Lipinski definition) is 6. The number of amides is 1. The van der Waals surface area contributed by atoms with E-state index in [2.05, 4.69) is 51.8 Å². The highest BCUT2D eigenvalue weighted by molar-refractivity contribution is 7.13. The van der Waals surface area contributed by atoms with Gasteiger partial charge in [0.15, 0.2) is 5.82 Å². The summed E-state index contributed by atoms with van der Waals surface area (Å²) < 4.78 is 0. The van der Waals surface area contributed by atoms with E-state index in [1.54, 1.807) is 22.7 Å². The van der Waals surface area contributed by atoms with Gasteiger partial charge in [0, 0.05) is 23.9 Å². The van der Waals surface area contributed by atoms with Crippen LogP contribution in [0.5, 0.6) is 0 Å². The molecule has 0 aromatic carbocycles. The van der Waals surface area contributed by atoms with E-state index >= 15 is 0 Å². The van der Waals surface area contributed by atoms with Crippen LogP contribution in [0.1, 0.15) is 37.6 Å². The predicted molar refractivity (Wildman–Crippen MR) is 120 cm³/mol. The van der Waals surface area contributed by atoms with Gasteiger partial charge in [-0.05, 0) is 53.8 Å². The SMILES string of the molecule is CC(C)[C@H](NC(=O)C1CCN(c2ccc(-c3cccs3)nn2)CC1)c1cccs1. The lowest BCUT2D eigenvalue weighted by atomic mass is 9.94. The number of carbonyl (C=O) groups excluding carboxylic acids is 1. The van der Waals surface area contributed by atoms with Crippen LogP contribution < -0.4 is 10.2 Å². The van der Waals surface area contributed by atoms with Crippen molar-refractivity contribution in [3.05, 3.63) is 52.0 Å². The van der Waals surface area contributed by atoms with E-state index in [9.17, 15) is 4.79 Å². The molecule has 1 aliphatic heterocycles. The molecule has 7 heteroatoms. The maximum Gasteiger partial charge on any atom is 0.223 e. The minimum atomic E-state index is 0.0609. The molecule has 0 spiro atoms. The average molecular weight is 427 g/mol. The van der Waals surface area contributed by atoms with Crippen molar-refractivity contribution in [3.63, 3.8) is 0 Å². The van der Waals surface area contributed by atoms with Crippen molar-refractivity contribution >= 4 is 34.4 Å². The van der Waals surface area contributed by atoms with E-state index in [1.807, 2.05) is 29.6 Å². The van der Waals surface area contributed by atoms with Gasteiger partial charge in [-0.15, -0.1) is 32.9 Å². The number of nitrogens with one attached hydrogen (secondary N) is 1. The van der Waals surface area contributed by atoms with Gasteiger partial charge < -0.3 is 10.2 Å². The third-order valence-electron chi connectivity index (χ3n) is 5.43. The Balaban J connectivity index is 1.33. The summed E-state index contributed by atoms with van der Waals surface area (Å²) in [5.41, 5.74) is 0.909. The van der Waals surface area contributed by atoms with Crippen molar-refractivity contribution in [1.82, 2.24) is 15.5 Å². The van der Waals surface area contributed by atoms with E-state index in [1.165, 1.54) is 4.88 Å². The molecule has 4 heterocycles. The highest BCUT2D eigenvalue weighted by atomic mass is 32.1. The van der Waals surface area contributed by atoms with Crippen molar-refractivity contribution in [2.75, 3.05) is 18.0 Å². The number of piperidine rings is 1. The van der Waals surface area contributed by atoms with E-state index in [0.717, 1.165) is 42.3 Å². The standard InChI is InChI=1S/C22H26N4OS2/c1-15(2)21(19-6-4-14-29-19)23-22(27)16-9-11-26(12-10-16)20-8-7-17(24-25-20)18-5-3-13-28-18/h3-8,13-16,21H,9-12H2,1-2H3,(H,23,27)/t21-/m0/s1. The van der Waals surface area contributed by atoms with Gasteiger partial charge in [0.05, 0.1) is 10.9 Å². The number of carbonyl (C=O) groups is 1. The van der Waals surface area contributed by atoms with Crippen LogP contribution >= 0.6 is 22.7 Å². The number of nitrogens with zero attached hydrogens (tertiary/aromatic N) is 3. The molecular formula is C22H26N4OS2. The molecule has 4 rings (SSSR count). The van der Waals surface area contributed by atoms with Crippen molar-refractivity contribution in [1.29, 1.82) is 0 Å². The van der Waals surface area contributed by atoms with Crippen LogP contribution in [0, 0.1) is 11.8 Å². The first-order chi connectivity index (χ1) is 14.1. The van der Waals surface area contributed by atoms with Crippen molar-refractivity contribution in [3.8, 4) is 10.6 Å². The summed E-state index contributed by atoms with van der Waals surface area (Å²) in [7, 11) is 0. The Hall–Kier alpha value is -2.25. The smallest absolute Gasteiger partial charge is 0.223 e. The van der Waals surface area contributed by atoms with Gasteiger partial charge in [-0.3, -0.25) is 4.79 Å². The lowest BCUT2D eigenvalue weighted by molar-refractivity contribution is -0.126. The number of thiophene rings is 2. The number of rotatable bonds is 6. The Labute approximate surface area is 179 Å². The Morgan fingerprint density at radius 1 is 1.07 bits per heavy atom. The summed E-state index contributed by atoms with van der Waals surface area (Å²) in [6.07, 6.45) is 1.69. The Morgan fingerprint density at radius 3 is 2.41 bits per heavy atom. The summed E-state index contributed by atoms with van der Waals surface area (Å²) in [6, 6.07) is 12.4. The summed E-state index contributed by atoms with van der Waals surface area (Å²) in [6.45, 7) is 5.98. The molecule has 1 atom stereocenters. The van der Waals surface area contributed by atoms with Gasteiger partial charge in [0.25, 0.3) is 0 Å². The molecule has 0 radical (unpaired) electrons. The molecule has 0 unspecified atom stereocenters. The minimum absolute atomic E-state index is 0.0609. The van der Waals surface area contributed by atoms with Crippen molar-refractivity contribution < 1.29 is 4.79 Å².